The number of allylic oxidation sites excluding steroid dienone is 2. The molecule has 0 aliphatic carbocycles. The normalized spacial score (nSPS) is 27.8. The minimum Gasteiger partial charge on any atom is -0.365 e. The number of aldehydes is 2. The summed E-state index contributed by atoms with van der Waals surface area (Å²) in [5.74, 6) is 0. The van der Waals surface area contributed by atoms with Crippen molar-refractivity contribution in [2.75, 3.05) is 0 Å². The molecule has 0 aromatic carbocycles. The van der Waals surface area contributed by atoms with Gasteiger partial charge in [-0.25, -0.2) is 0 Å². The van der Waals surface area contributed by atoms with Crippen LogP contribution in [-0.4, -0.2) is 37.0 Å². The molecule has 4 heteroatoms. The summed E-state index contributed by atoms with van der Waals surface area (Å²) in [6.07, 6.45) is 19.4. The van der Waals surface area contributed by atoms with Crippen molar-refractivity contribution < 1.29 is 19.1 Å². The van der Waals surface area contributed by atoms with Crippen LogP contribution in [0.25, 0.3) is 0 Å². The van der Waals surface area contributed by atoms with E-state index in [1.54, 1.807) is 0 Å². The number of carbonyl (C=O) groups excluding carboxylic acids is 2. The van der Waals surface area contributed by atoms with Crippen LogP contribution < -0.4 is 0 Å². The first-order valence-corrected chi connectivity index (χ1v) is 9.31. The van der Waals surface area contributed by atoms with Crippen molar-refractivity contribution in [3.8, 4) is 0 Å². The van der Waals surface area contributed by atoms with E-state index in [0.29, 0.717) is 12.2 Å². The molecule has 4 unspecified atom stereocenters. The van der Waals surface area contributed by atoms with Gasteiger partial charge < -0.3 is 9.47 Å². The summed E-state index contributed by atoms with van der Waals surface area (Å²) in [5.41, 5.74) is 0. The fraction of sp³-hybridized carbons (Fsp3) is 0.700. The lowest BCUT2D eigenvalue weighted by atomic mass is 10.1. The highest BCUT2D eigenvalue weighted by molar-refractivity contribution is 5.65. The lowest BCUT2D eigenvalue weighted by Gasteiger charge is -1.91. The number of unbranched alkanes of at least 4 members (excludes halogenated alkanes) is 4. The van der Waals surface area contributed by atoms with Crippen LogP contribution in [0.15, 0.2) is 24.3 Å². The Balaban J connectivity index is 0.000000240. The van der Waals surface area contributed by atoms with Gasteiger partial charge in [0.15, 0.2) is 0 Å². The highest BCUT2D eigenvalue weighted by atomic mass is 16.6. The van der Waals surface area contributed by atoms with Crippen LogP contribution in [0.2, 0.25) is 0 Å². The van der Waals surface area contributed by atoms with Gasteiger partial charge in [-0.05, 0) is 25.0 Å². The maximum atomic E-state index is 9.96. The van der Waals surface area contributed by atoms with Gasteiger partial charge in [-0.15, -0.1) is 0 Å². The van der Waals surface area contributed by atoms with Gasteiger partial charge in [-0.2, -0.15) is 0 Å². The minimum atomic E-state index is 0.229. The van der Waals surface area contributed by atoms with Crippen molar-refractivity contribution in [3.63, 3.8) is 0 Å². The van der Waals surface area contributed by atoms with Crippen LogP contribution in [0.1, 0.15) is 65.2 Å². The molecule has 0 radical (unpaired) electrons. The van der Waals surface area contributed by atoms with Gasteiger partial charge in [0, 0.05) is 0 Å². The van der Waals surface area contributed by atoms with E-state index in [2.05, 4.69) is 13.8 Å². The van der Waals surface area contributed by atoms with E-state index >= 15 is 0 Å². The van der Waals surface area contributed by atoms with Crippen molar-refractivity contribution in [2.45, 2.75) is 89.6 Å². The Morgan fingerprint density at radius 1 is 0.708 bits per heavy atom. The van der Waals surface area contributed by atoms with Gasteiger partial charge in [0.25, 0.3) is 0 Å². The highest BCUT2D eigenvalue weighted by Crippen LogP contribution is 2.28. The fourth-order valence-electron chi connectivity index (χ4n) is 2.62. The summed E-state index contributed by atoms with van der Waals surface area (Å²) in [4.78, 5) is 19.9. The van der Waals surface area contributed by atoms with Crippen molar-refractivity contribution in [3.05, 3.63) is 24.3 Å². The van der Waals surface area contributed by atoms with Gasteiger partial charge >= 0.3 is 0 Å². The van der Waals surface area contributed by atoms with Crippen molar-refractivity contribution >= 4 is 12.6 Å². The Hall–Kier alpha value is -1.26. The van der Waals surface area contributed by atoms with Gasteiger partial charge in [0.2, 0.25) is 0 Å². The molecule has 0 saturated carbocycles. The first-order chi connectivity index (χ1) is 11.8. The molecule has 4 nitrogen and oxygen atoms in total. The topological polar surface area (TPSA) is 59.2 Å². The summed E-state index contributed by atoms with van der Waals surface area (Å²) in [7, 11) is 0. The molecule has 0 N–H and O–H groups in total. The standard InChI is InChI=1S/2C10H16O2/c2*1-2-3-4-6-9-10(12-9)7-5-8-11/h2*5,7-10H,2-4,6H2,1H3/b2*7-5+. The smallest absolute Gasteiger partial charge is 0.142 e. The van der Waals surface area contributed by atoms with E-state index in [1.807, 2.05) is 12.2 Å². The summed E-state index contributed by atoms with van der Waals surface area (Å²) in [6, 6.07) is 0. The van der Waals surface area contributed by atoms with Crippen LogP contribution >= 0.6 is 0 Å². The second-order valence-corrected chi connectivity index (χ2v) is 6.31. The molecule has 2 heterocycles. The molecule has 0 bridgehead atoms. The molecule has 4 atom stereocenters. The van der Waals surface area contributed by atoms with Crippen molar-refractivity contribution in [2.24, 2.45) is 0 Å². The first-order valence-electron chi connectivity index (χ1n) is 9.31. The number of epoxide rings is 2. The van der Waals surface area contributed by atoms with Gasteiger partial charge in [0.1, 0.15) is 24.8 Å². The van der Waals surface area contributed by atoms with E-state index in [1.165, 1.54) is 50.7 Å². The number of carbonyl (C=O) groups is 2. The second-order valence-electron chi connectivity index (χ2n) is 6.31. The van der Waals surface area contributed by atoms with Crippen LogP contribution in [0, 0.1) is 0 Å². The summed E-state index contributed by atoms with van der Waals surface area (Å²) >= 11 is 0. The molecule has 0 aromatic heterocycles. The number of rotatable bonds is 12. The van der Waals surface area contributed by atoms with E-state index < -0.39 is 0 Å². The number of hydrogen-bond acceptors (Lipinski definition) is 4. The predicted molar refractivity (Wildman–Crippen MR) is 96.0 cm³/mol. The molecule has 2 rings (SSSR count). The van der Waals surface area contributed by atoms with Gasteiger partial charge in [-0.1, -0.05) is 64.5 Å². The van der Waals surface area contributed by atoms with Crippen LogP contribution in [0.4, 0.5) is 0 Å². The molecular weight excluding hydrogens is 304 g/mol. The molecule has 0 aromatic rings. The van der Waals surface area contributed by atoms with Crippen LogP contribution in [0.5, 0.6) is 0 Å². The molecule has 136 valence electrons. The highest BCUT2D eigenvalue weighted by Gasteiger charge is 2.35. The zero-order chi connectivity index (χ0) is 17.6. The summed E-state index contributed by atoms with van der Waals surface area (Å²) in [6.45, 7) is 4.38. The molecular formula is C20H32O4. The van der Waals surface area contributed by atoms with E-state index in [0.717, 1.165) is 25.4 Å². The Labute approximate surface area is 146 Å². The second kappa shape index (κ2) is 13.1. The van der Waals surface area contributed by atoms with E-state index in [4.69, 9.17) is 9.47 Å². The van der Waals surface area contributed by atoms with Gasteiger partial charge in [0.05, 0.1) is 12.2 Å². The van der Waals surface area contributed by atoms with Crippen LogP contribution in [-0.2, 0) is 19.1 Å². The minimum absolute atomic E-state index is 0.229. The Kier molecular flexibility index (Phi) is 11.3. The van der Waals surface area contributed by atoms with Crippen molar-refractivity contribution in [1.82, 2.24) is 0 Å². The SMILES string of the molecule is CCCCCC1OC1/C=C/C=O.CCCCCC1OC1/C=C/C=O. The molecule has 2 aliphatic rings. The molecule has 2 saturated heterocycles. The average Bonchev–Trinajstić information content (AvgIpc) is 3.50. The monoisotopic (exact) mass is 336 g/mol. The third-order valence-electron chi connectivity index (χ3n) is 4.19. The lowest BCUT2D eigenvalue weighted by molar-refractivity contribution is -0.104. The van der Waals surface area contributed by atoms with E-state index in [9.17, 15) is 9.59 Å². The molecule has 2 aliphatic heterocycles. The Morgan fingerprint density at radius 3 is 1.46 bits per heavy atom. The zero-order valence-electron chi connectivity index (χ0n) is 15.1. The zero-order valence-corrected chi connectivity index (χ0v) is 15.1. The van der Waals surface area contributed by atoms with Gasteiger partial charge in [-0.3, -0.25) is 9.59 Å². The third kappa shape index (κ3) is 9.78. The predicted octanol–water partition coefficient (Wildman–Crippen LogP) is 4.18. The first kappa shape index (κ1) is 20.8. The van der Waals surface area contributed by atoms with Crippen molar-refractivity contribution in [1.29, 1.82) is 0 Å². The van der Waals surface area contributed by atoms with E-state index in [-0.39, 0.29) is 12.2 Å². The third-order valence-corrected chi connectivity index (χ3v) is 4.19. The number of hydrogen-bond donors (Lipinski definition) is 0. The average molecular weight is 336 g/mol. The molecule has 24 heavy (non-hydrogen) atoms. The molecule has 0 spiro atoms. The molecule has 2 fully saturated rings. The summed E-state index contributed by atoms with van der Waals surface area (Å²) < 4.78 is 10.6. The Bertz CT molecular complexity index is 364. The molecule has 0 amide bonds. The van der Waals surface area contributed by atoms with Crippen LogP contribution in [0.3, 0.4) is 0 Å². The lowest BCUT2D eigenvalue weighted by Crippen LogP contribution is -1.90. The number of ether oxygens (including phenoxy) is 2. The fourth-order valence-corrected chi connectivity index (χ4v) is 2.62. The Morgan fingerprint density at radius 2 is 1.12 bits per heavy atom. The maximum Gasteiger partial charge on any atom is 0.142 e. The maximum absolute atomic E-state index is 9.96. The summed E-state index contributed by atoms with van der Waals surface area (Å²) in [5, 5.41) is 0. The largest absolute Gasteiger partial charge is 0.365 e. The quantitative estimate of drug-likeness (QED) is 0.232.